The monoisotopic (exact) mass is 216 g/mol. The highest BCUT2D eigenvalue weighted by Crippen LogP contribution is 2.01. The van der Waals surface area contributed by atoms with Crippen LogP contribution in [0.5, 0.6) is 0 Å². The van der Waals surface area contributed by atoms with Gasteiger partial charge in [-0.25, -0.2) is 0 Å². The molecule has 0 bridgehead atoms. The second kappa shape index (κ2) is 7.17. The average molecular weight is 216 g/mol. The van der Waals surface area contributed by atoms with Gasteiger partial charge in [-0.15, -0.1) is 0 Å². The van der Waals surface area contributed by atoms with Crippen molar-refractivity contribution in [3.63, 3.8) is 0 Å². The van der Waals surface area contributed by atoms with E-state index in [9.17, 15) is 0 Å². The van der Waals surface area contributed by atoms with Gasteiger partial charge in [0, 0.05) is 25.7 Å². The molecule has 0 spiro atoms. The van der Waals surface area contributed by atoms with Crippen LogP contribution in [0.4, 0.5) is 0 Å². The molecule has 0 aromatic heterocycles. The van der Waals surface area contributed by atoms with E-state index in [2.05, 4.69) is 31.1 Å². The van der Waals surface area contributed by atoms with E-state index in [4.69, 9.17) is 9.47 Å². The van der Waals surface area contributed by atoms with Gasteiger partial charge in [-0.2, -0.15) is 0 Å². The molecule has 0 aliphatic carbocycles. The van der Waals surface area contributed by atoms with E-state index < -0.39 is 0 Å². The van der Waals surface area contributed by atoms with Crippen molar-refractivity contribution in [1.29, 1.82) is 0 Å². The summed E-state index contributed by atoms with van der Waals surface area (Å²) in [4.78, 5) is 2.29. The van der Waals surface area contributed by atoms with Crippen LogP contribution >= 0.6 is 0 Å². The maximum Gasteiger partial charge on any atom is 0.0936 e. The summed E-state index contributed by atoms with van der Waals surface area (Å²) in [6, 6.07) is 0.563. The Kier molecular flexibility index (Phi) is 6.17. The lowest BCUT2D eigenvalue weighted by Crippen LogP contribution is -2.41. The lowest BCUT2D eigenvalue weighted by molar-refractivity contribution is -0.0956. The molecule has 1 heterocycles. The Labute approximate surface area is 92.9 Å². The van der Waals surface area contributed by atoms with Crippen molar-refractivity contribution >= 4 is 0 Å². The van der Waals surface area contributed by atoms with Crippen LogP contribution in [0.1, 0.15) is 13.8 Å². The maximum absolute atomic E-state index is 5.59. The molecular weight excluding hydrogens is 192 g/mol. The molecular formula is C11H24N2O2. The first kappa shape index (κ1) is 12.9. The quantitative estimate of drug-likeness (QED) is 0.694. The minimum Gasteiger partial charge on any atom is -0.376 e. The van der Waals surface area contributed by atoms with Gasteiger partial charge in [-0.1, -0.05) is 13.8 Å². The molecule has 1 atom stereocenters. The van der Waals surface area contributed by atoms with Crippen molar-refractivity contribution in [2.75, 3.05) is 46.5 Å². The van der Waals surface area contributed by atoms with E-state index in [1.165, 1.54) is 0 Å². The van der Waals surface area contributed by atoms with Gasteiger partial charge in [0.25, 0.3) is 0 Å². The molecule has 0 amide bonds. The first-order valence-corrected chi connectivity index (χ1v) is 5.79. The Bertz CT molecular complexity index is 159. The average Bonchev–Trinajstić information content (AvgIpc) is 2.18. The third-order valence-electron chi connectivity index (χ3n) is 2.45. The highest BCUT2D eigenvalue weighted by atomic mass is 16.6. The zero-order valence-corrected chi connectivity index (χ0v) is 10.2. The molecule has 4 heteroatoms. The van der Waals surface area contributed by atoms with Crippen LogP contribution in [0, 0.1) is 0 Å². The number of hydrogen-bond donors (Lipinski definition) is 1. The summed E-state index contributed by atoms with van der Waals surface area (Å²) in [6.45, 7) is 9.59. The van der Waals surface area contributed by atoms with Crippen LogP contribution in [-0.4, -0.2) is 63.5 Å². The highest BCUT2D eigenvalue weighted by Gasteiger charge is 2.15. The summed E-state index contributed by atoms with van der Waals surface area (Å²) in [5, 5.41) is 3.40. The Morgan fingerprint density at radius 3 is 2.80 bits per heavy atom. The highest BCUT2D eigenvalue weighted by molar-refractivity contribution is 4.66. The fraction of sp³-hybridized carbons (Fsp3) is 1.00. The Morgan fingerprint density at radius 2 is 2.20 bits per heavy atom. The van der Waals surface area contributed by atoms with Gasteiger partial charge < -0.3 is 19.7 Å². The van der Waals surface area contributed by atoms with Gasteiger partial charge in [0.15, 0.2) is 0 Å². The fourth-order valence-electron chi connectivity index (χ4n) is 1.63. The minimum atomic E-state index is 0.253. The molecule has 1 aliphatic rings. The third kappa shape index (κ3) is 6.10. The first-order chi connectivity index (χ1) is 7.18. The van der Waals surface area contributed by atoms with Crippen LogP contribution in [0.15, 0.2) is 0 Å². The van der Waals surface area contributed by atoms with Crippen molar-refractivity contribution in [2.45, 2.75) is 26.0 Å². The number of nitrogens with zero attached hydrogens (tertiary/aromatic N) is 1. The van der Waals surface area contributed by atoms with Crippen LogP contribution < -0.4 is 5.32 Å². The van der Waals surface area contributed by atoms with E-state index >= 15 is 0 Å². The smallest absolute Gasteiger partial charge is 0.0936 e. The van der Waals surface area contributed by atoms with E-state index in [-0.39, 0.29) is 6.10 Å². The Balaban J connectivity index is 2.03. The van der Waals surface area contributed by atoms with Gasteiger partial charge in [-0.3, -0.25) is 0 Å². The van der Waals surface area contributed by atoms with Crippen molar-refractivity contribution < 1.29 is 9.47 Å². The molecule has 15 heavy (non-hydrogen) atoms. The van der Waals surface area contributed by atoms with Crippen molar-refractivity contribution in [3.8, 4) is 0 Å². The zero-order chi connectivity index (χ0) is 11.1. The Morgan fingerprint density at radius 1 is 1.40 bits per heavy atom. The molecule has 1 N–H and O–H groups in total. The molecule has 1 saturated heterocycles. The summed E-state index contributed by atoms with van der Waals surface area (Å²) < 4.78 is 10.9. The lowest BCUT2D eigenvalue weighted by Gasteiger charge is -2.27. The molecule has 1 unspecified atom stereocenters. The van der Waals surface area contributed by atoms with Gasteiger partial charge in [0.2, 0.25) is 0 Å². The van der Waals surface area contributed by atoms with Crippen LogP contribution in [0.2, 0.25) is 0 Å². The van der Waals surface area contributed by atoms with Crippen molar-refractivity contribution in [3.05, 3.63) is 0 Å². The normalized spacial score (nSPS) is 22.6. The van der Waals surface area contributed by atoms with Gasteiger partial charge >= 0.3 is 0 Å². The maximum atomic E-state index is 5.59. The van der Waals surface area contributed by atoms with E-state index in [1.54, 1.807) is 0 Å². The second-order valence-corrected chi connectivity index (χ2v) is 4.44. The molecule has 0 aromatic carbocycles. The Hall–Kier alpha value is -0.160. The van der Waals surface area contributed by atoms with Gasteiger partial charge in [0.05, 0.1) is 25.9 Å². The minimum absolute atomic E-state index is 0.253. The van der Waals surface area contributed by atoms with E-state index in [1.807, 2.05) is 0 Å². The summed E-state index contributed by atoms with van der Waals surface area (Å²) in [5.41, 5.74) is 0. The molecule has 4 nitrogen and oxygen atoms in total. The number of nitrogens with one attached hydrogen (secondary N) is 1. The number of hydrogen-bond acceptors (Lipinski definition) is 4. The predicted molar refractivity (Wildman–Crippen MR) is 61.2 cm³/mol. The second-order valence-electron chi connectivity index (χ2n) is 4.44. The summed E-state index contributed by atoms with van der Waals surface area (Å²) >= 11 is 0. The van der Waals surface area contributed by atoms with E-state index in [0.29, 0.717) is 6.04 Å². The number of rotatable bonds is 6. The first-order valence-electron chi connectivity index (χ1n) is 5.79. The molecule has 90 valence electrons. The van der Waals surface area contributed by atoms with Gasteiger partial charge in [0.1, 0.15) is 0 Å². The largest absolute Gasteiger partial charge is 0.376 e. The predicted octanol–water partition coefficient (Wildman–Crippen LogP) is 0.332. The van der Waals surface area contributed by atoms with Crippen LogP contribution in [0.25, 0.3) is 0 Å². The lowest BCUT2D eigenvalue weighted by atomic mass is 10.3. The summed E-state index contributed by atoms with van der Waals surface area (Å²) in [5.74, 6) is 0. The standard InChI is InChI=1S/C11H24N2O2/c1-10(2)12-4-5-13(3)8-11-9-14-6-7-15-11/h10-12H,4-9H2,1-3H3. The topological polar surface area (TPSA) is 33.7 Å². The van der Waals surface area contributed by atoms with Crippen LogP contribution in [0.3, 0.4) is 0 Å². The van der Waals surface area contributed by atoms with Crippen molar-refractivity contribution in [2.24, 2.45) is 0 Å². The van der Waals surface area contributed by atoms with Crippen molar-refractivity contribution in [1.82, 2.24) is 10.2 Å². The van der Waals surface area contributed by atoms with E-state index in [0.717, 1.165) is 39.5 Å². The molecule has 1 fully saturated rings. The molecule has 1 rings (SSSR count). The third-order valence-corrected chi connectivity index (χ3v) is 2.45. The molecule has 1 aliphatic heterocycles. The zero-order valence-electron chi connectivity index (χ0n) is 10.2. The molecule has 0 radical (unpaired) electrons. The molecule has 0 aromatic rings. The number of likely N-dealkylation sites (N-methyl/N-ethyl adjacent to an activating group) is 1. The fourth-order valence-corrected chi connectivity index (χ4v) is 1.63. The summed E-state index contributed by atoms with van der Waals surface area (Å²) in [7, 11) is 2.12. The summed E-state index contributed by atoms with van der Waals surface area (Å²) in [6.07, 6.45) is 0.253. The SMILES string of the molecule is CC(C)NCCN(C)CC1COCCO1. The molecule has 0 saturated carbocycles. The van der Waals surface area contributed by atoms with Gasteiger partial charge in [-0.05, 0) is 7.05 Å². The number of ether oxygens (including phenoxy) is 2. The van der Waals surface area contributed by atoms with Crippen LogP contribution in [-0.2, 0) is 9.47 Å².